The van der Waals surface area contributed by atoms with Crippen LogP contribution in [0.5, 0.6) is 0 Å². The maximum absolute atomic E-state index is 11.7. The second-order valence-corrected chi connectivity index (χ2v) is 4.67. The van der Waals surface area contributed by atoms with Gasteiger partial charge in [0.1, 0.15) is 11.5 Å². The van der Waals surface area contributed by atoms with E-state index in [1.165, 1.54) is 0 Å². The van der Waals surface area contributed by atoms with Crippen LogP contribution < -0.4 is 0 Å². The number of furan rings is 1. The van der Waals surface area contributed by atoms with Gasteiger partial charge in [0.15, 0.2) is 0 Å². The van der Waals surface area contributed by atoms with Crippen molar-refractivity contribution in [1.82, 2.24) is 0 Å². The van der Waals surface area contributed by atoms with Gasteiger partial charge in [-0.2, -0.15) is 0 Å². The van der Waals surface area contributed by atoms with Crippen molar-refractivity contribution in [3.63, 3.8) is 0 Å². The Hall–Kier alpha value is -0.740. The number of rotatable bonds is 4. The first kappa shape index (κ1) is 10.8. The maximum Gasteiger partial charge on any atom is 0.148 e. The third kappa shape index (κ3) is 2.63. The molecule has 15 heavy (non-hydrogen) atoms. The molecule has 0 aliphatic carbocycles. The van der Waals surface area contributed by atoms with Gasteiger partial charge in [0, 0.05) is 17.4 Å². The third-order valence-electron chi connectivity index (χ3n) is 2.57. The largest absolute Gasteiger partial charge is 0.468 e. The molecule has 1 unspecified atom stereocenters. The zero-order valence-corrected chi connectivity index (χ0v) is 9.51. The fraction of sp³-hybridized carbons (Fsp3) is 0.545. The van der Waals surface area contributed by atoms with Crippen molar-refractivity contribution in [3.05, 3.63) is 18.1 Å². The summed E-state index contributed by atoms with van der Waals surface area (Å²) in [6.07, 6.45) is 2.53. The minimum atomic E-state index is 0.115. The molecular weight excluding hydrogens is 212 g/mol. The molecule has 0 amide bonds. The summed E-state index contributed by atoms with van der Waals surface area (Å²) in [5, 5.41) is 0. The van der Waals surface area contributed by atoms with Gasteiger partial charge >= 0.3 is 0 Å². The SMILES string of the molecule is Cc1occc1SCC(=O)C1CCOC1. The molecule has 1 aliphatic rings. The Morgan fingerprint density at radius 1 is 1.67 bits per heavy atom. The van der Waals surface area contributed by atoms with E-state index in [9.17, 15) is 4.79 Å². The molecule has 0 aromatic carbocycles. The first-order valence-corrected chi connectivity index (χ1v) is 6.03. The van der Waals surface area contributed by atoms with Crippen LogP contribution >= 0.6 is 11.8 Å². The predicted molar refractivity (Wildman–Crippen MR) is 58.1 cm³/mol. The lowest BCUT2D eigenvalue weighted by Crippen LogP contribution is -2.16. The summed E-state index contributed by atoms with van der Waals surface area (Å²) in [7, 11) is 0. The van der Waals surface area contributed by atoms with E-state index in [0.29, 0.717) is 12.4 Å². The lowest BCUT2D eigenvalue weighted by atomic mass is 10.1. The van der Waals surface area contributed by atoms with Gasteiger partial charge < -0.3 is 9.15 Å². The predicted octanol–water partition coefficient (Wildman–Crippen LogP) is 2.29. The molecule has 1 aliphatic heterocycles. The lowest BCUT2D eigenvalue weighted by Gasteiger charge is -2.05. The minimum Gasteiger partial charge on any atom is -0.468 e. The van der Waals surface area contributed by atoms with Crippen LogP contribution in [0.25, 0.3) is 0 Å². The van der Waals surface area contributed by atoms with E-state index in [1.54, 1.807) is 18.0 Å². The topological polar surface area (TPSA) is 39.4 Å². The number of Topliss-reactive ketones (excluding diaryl/α,β-unsaturated/α-hetero) is 1. The normalized spacial score (nSPS) is 20.7. The third-order valence-corrected chi connectivity index (χ3v) is 3.73. The van der Waals surface area contributed by atoms with Crippen molar-refractivity contribution < 1.29 is 13.9 Å². The lowest BCUT2D eigenvalue weighted by molar-refractivity contribution is -0.120. The Morgan fingerprint density at radius 2 is 2.53 bits per heavy atom. The van der Waals surface area contributed by atoms with Crippen LogP contribution in [0.4, 0.5) is 0 Å². The molecule has 1 saturated heterocycles. The minimum absolute atomic E-state index is 0.115. The molecule has 1 atom stereocenters. The molecular formula is C11H14O3S. The van der Waals surface area contributed by atoms with Crippen LogP contribution in [0.1, 0.15) is 12.2 Å². The first-order chi connectivity index (χ1) is 7.27. The van der Waals surface area contributed by atoms with Gasteiger partial charge in [-0.05, 0) is 19.4 Å². The second kappa shape index (κ2) is 4.86. The molecule has 3 nitrogen and oxygen atoms in total. The molecule has 1 aromatic rings. The number of carbonyl (C=O) groups excluding carboxylic acids is 1. The number of hydrogen-bond donors (Lipinski definition) is 0. The Morgan fingerprint density at radius 3 is 3.13 bits per heavy atom. The average molecular weight is 226 g/mol. The average Bonchev–Trinajstić information content (AvgIpc) is 2.85. The molecule has 0 saturated carbocycles. The molecule has 2 rings (SSSR count). The molecule has 4 heteroatoms. The number of ketones is 1. The summed E-state index contributed by atoms with van der Waals surface area (Å²) in [4.78, 5) is 12.8. The molecule has 82 valence electrons. The number of carbonyl (C=O) groups is 1. The number of ether oxygens (including phenoxy) is 1. The van der Waals surface area contributed by atoms with E-state index in [-0.39, 0.29) is 11.7 Å². The van der Waals surface area contributed by atoms with Gasteiger partial charge in [0.25, 0.3) is 0 Å². The maximum atomic E-state index is 11.7. The van der Waals surface area contributed by atoms with E-state index in [0.717, 1.165) is 23.7 Å². The van der Waals surface area contributed by atoms with Crippen molar-refractivity contribution in [2.24, 2.45) is 5.92 Å². The van der Waals surface area contributed by atoms with Crippen LogP contribution in [-0.2, 0) is 9.53 Å². The number of thioether (sulfide) groups is 1. The van der Waals surface area contributed by atoms with Gasteiger partial charge in [-0.15, -0.1) is 11.8 Å². The van der Waals surface area contributed by atoms with Crippen LogP contribution in [0.15, 0.2) is 21.6 Å². The monoisotopic (exact) mass is 226 g/mol. The standard InChI is InChI=1S/C11H14O3S/c1-8-11(3-5-14-8)15-7-10(12)9-2-4-13-6-9/h3,5,9H,2,4,6-7H2,1H3. The fourth-order valence-electron chi connectivity index (χ4n) is 1.58. The van der Waals surface area contributed by atoms with Gasteiger partial charge in [0.2, 0.25) is 0 Å². The summed E-state index contributed by atoms with van der Waals surface area (Å²) in [6.45, 7) is 3.24. The fourth-order valence-corrected chi connectivity index (χ4v) is 2.51. The van der Waals surface area contributed by atoms with E-state index in [4.69, 9.17) is 9.15 Å². The molecule has 1 fully saturated rings. The Balaban J connectivity index is 1.83. The second-order valence-electron chi connectivity index (χ2n) is 3.66. The molecule has 0 spiro atoms. The molecule has 1 aromatic heterocycles. The number of hydrogen-bond acceptors (Lipinski definition) is 4. The van der Waals surface area contributed by atoms with Crippen molar-refractivity contribution in [3.8, 4) is 0 Å². The Labute approximate surface area is 93.2 Å². The van der Waals surface area contributed by atoms with E-state index in [2.05, 4.69) is 0 Å². The zero-order chi connectivity index (χ0) is 10.7. The highest BCUT2D eigenvalue weighted by atomic mass is 32.2. The molecule has 0 bridgehead atoms. The summed E-state index contributed by atoms with van der Waals surface area (Å²) in [6, 6.07) is 1.90. The number of aryl methyl sites for hydroxylation is 1. The zero-order valence-electron chi connectivity index (χ0n) is 8.69. The van der Waals surface area contributed by atoms with Gasteiger partial charge in [-0.25, -0.2) is 0 Å². The van der Waals surface area contributed by atoms with Gasteiger partial charge in [-0.1, -0.05) is 0 Å². The van der Waals surface area contributed by atoms with Crippen molar-refractivity contribution in [2.45, 2.75) is 18.2 Å². The molecule has 0 radical (unpaired) electrons. The summed E-state index contributed by atoms with van der Waals surface area (Å²) in [5.41, 5.74) is 0. The van der Waals surface area contributed by atoms with E-state index >= 15 is 0 Å². The van der Waals surface area contributed by atoms with Crippen molar-refractivity contribution in [2.75, 3.05) is 19.0 Å². The van der Waals surface area contributed by atoms with Crippen LogP contribution in [0.2, 0.25) is 0 Å². The quantitative estimate of drug-likeness (QED) is 0.738. The van der Waals surface area contributed by atoms with Crippen LogP contribution in [-0.4, -0.2) is 24.7 Å². The van der Waals surface area contributed by atoms with Crippen LogP contribution in [0.3, 0.4) is 0 Å². The molecule has 2 heterocycles. The Bertz CT molecular complexity index is 339. The summed E-state index contributed by atoms with van der Waals surface area (Å²) < 4.78 is 10.4. The van der Waals surface area contributed by atoms with Crippen molar-refractivity contribution in [1.29, 1.82) is 0 Å². The summed E-state index contributed by atoms with van der Waals surface area (Å²) in [5.74, 6) is 1.81. The highest BCUT2D eigenvalue weighted by Gasteiger charge is 2.23. The smallest absolute Gasteiger partial charge is 0.148 e. The molecule has 0 N–H and O–H groups in total. The van der Waals surface area contributed by atoms with E-state index in [1.807, 2.05) is 13.0 Å². The Kier molecular flexibility index (Phi) is 3.49. The highest BCUT2D eigenvalue weighted by molar-refractivity contribution is 8.00. The highest BCUT2D eigenvalue weighted by Crippen LogP contribution is 2.25. The summed E-state index contributed by atoms with van der Waals surface area (Å²) >= 11 is 1.55. The van der Waals surface area contributed by atoms with Gasteiger partial charge in [-0.3, -0.25) is 4.79 Å². The van der Waals surface area contributed by atoms with Gasteiger partial charge in [0.05, 0.1) is 18.6 Å². The van der Waals surface area contributed by atoms with E-state index < -0.39 is 0 Å². The first-order valence-electron chi connectivity index (χ1n) is 5.04. The van der Waals surface area contributed by atoms with Crippen LogP contribution in [0, 0.1) is 12.8 Å². The van der Waals surface area contributed by atoms with Crippen molar-refractivity contribution >= 4 is 17.5 Å².